The van der Waals surface area contributed by atoms with Gasteiger partial charge in [0.25, 0.3) is 5.91 Å². The van der Waals surface area contributed by atoms with E-state index >= 15 is 0 Å². The van der Waals surface area contributed by atoms with Crippen molar-refractivity contribution in [3.63, 3.8) is 0 Å². The van der Waals surface area contributed by atoms with Crippen molar-refractivity contribution in [2.75, 3.05) is 6.54 Å². The number of carbonyl (C=O) groups is 2. The fourth-order valence-electron chi connectivity index (χ4n) is 1.99. The molecule has 1 N–H and O–H groups in total. The normalized spacial score (nSPS) is 16.5. The summed E-state index contributed by atoms with van der Waals surface area (Å²) in [4.78, 5) is 24.2. The minimum atomic E-state index is -1.01. The number of thioether (sulfide) groups is 1. The second kappa shape index (κ2) is 7.18. The zero-order chi connectivity index (χ0) is 17.1. The number of carbonyl (C=O) groups excluding carboxylic acids is 1. The van der Waals surface area contributed by atoms with Crippen LogP contribution in [0.1, 0.15) is 24.0 Å². The molecule has 2 rings (SSSR count). The van der Waals surface area contributed by atoms with Crippen molar-refractivity contribution in [1.29, 1.82) is 0 Å². The Morgan fingerprint density at radius 3 is 2.74 bits per heavy atom. The highest BCUT2D eigenvalue weighted by molar-refractivity contribution is 8.26. The van der Waals surface area contributed by atoms with Crippen LogP contribution >= 0.6 is 24.0 Å². The van der Waals surface area contributed by atoms with E-state index in [0.717, 1.165) is 11.8 Å². The van der Waals surface area contributed by atoms with Crippen molar-refractivity contribution < 1.29 is 23.5 Å². The molecule has 4 nitrogen and oxygen atoms in total. The largest absolute Gasteiger partial charge is 0.481 e. The molecule has 0 spiro atoms. The van der Waals surface area contributed by atoms with Crippen LogP contribution in [0.2, 0.25) is 0 Å². The number of carboxylic acid groups (broad SMARTS) is 1. The van der Waals surface area contributed by atoms with Crippen molar-refractivity contribution in [2.24, 2.45) is 0 Å². The van der Waals surface area contributed by atoms with Crippen LogP contribution in [0.15, 0.2) is 17.0 Å². The van der Waals surface area contributed by atoms with Gasteiger partial charge in [-0.2, -0.15) is 0 Å². The van der Waals surface area contributed by atoms with Crippen molar-refractivity contribution >= 4 is 46.3 Å². The first-order chi connectivity index (χ1) is 10.8. The van der Waals surface area contributed by atoms with Gasteiger partial charge in [-0.05, 0) is 25.0 Å². The molecule has 0 aliphatic carbocycles. The first-order valence-corrected chi connectivity index (χ1v) is 7.95. The Morgan fingerprint density at radius 2 is 2.09 bits per heavy atom. The molecule has 0 radical (unpaired) electrons. The fourth-order valence-corrected chi connectivity index (χ4v) is 3.29. The minimum Gasteiger partial charge on any atom is -0.481 e. The highest BCUT2D eigenvalue weighted by Gasteiger charge is 2.32. The van der Waals surface area contributed by atoms with Crippen LogP contribution in [0.3, 0.4) is 0 Å². The molecule has 1 aromatic carbocycles. The lowest BCUT2D eigenvalue weighted by atomic mass is 10.1. The summed E-state index contributed by atoms with van der Waals surface area (Å²) in [5.74, 6) is -3.34. The van der Waals surface area contributed by atoms with Crippen molar-refractivity contribution in [2.45, 2.75) is 19.8 Å². The van der Waals surface area contributed by atoms with Crippen LogP contribution in [-0.2, 0) is 9.59 Å². The molecule has 0 unspecified atom stereocenters. The molecule has 0 bridgehead atoms. The molecule has 1 saturated heterocycles. The summed E-state index contributed by atoms with van der Waals surface area (Å²) in [6.45, 7) is 1.63. The SMILES string of the molecule is Cc1ccc(/C=C2\SC(=S)N(CCCC(=O)O)C2=O)c(F)c1F. The lowest BCUT2D eigenvalue weighted by molar-refractivity contribution is -0.137. The molecule has 0 saturated carbocycles. The van der Waals surface area contributed by atoms with Gasteiger partial charge in [0.1, 0.15) is 4.32 Å². The molecule has 1 aromatic rings. The topological polar surface area (TPSA) is 57.6 Å². The molecular weight excluding hydrogens is 344 g/mol. The third kappa shape index (κ3) is 3.94. The van der Waals surface area contributed by atoms with E-state index in [2.05, 4.69) is 0 Å². The summed E-state index contributed by atoms with van der Waals surface area (Å²) in [5.41, 5.74) is 0.153. The Hall–Kier alpha value is -1.80. The van der Waals surface area contributed by atoms with Gasteiger partial charge in [-0.1, -0.05) is 36.1 Å². The summed E-state index contributed by atoms with van der Waals surface area (Å²) < 4.78 is 27.7. The molecule has 1 aliphatic heterocycles. The van der Waals surface area contributed by atoms with E-state index in [1.54, 1.807) is 0 Å². The lowest BCUT2D eigenvalue weighted by Crippen LogP contribution is -2.29. The lowest BCUT2D eigenvalue weighted by Gasteiger charge is -2.13. The van der Waals surface area contributed by atoms with E-state index in [4.69, 9.17) is 17.3 Å². The number of aryl methyl sites for hydroxylation is 1. The molecule has 1 heterocycles. The first-order valence-electron chi connectivity index (χ1n) is 6.73. The number of aliphatic carboxylic acids is 1. The van der Waals surface area contributed by atoms with E-state index in [9.17, 15) is 18.4 Å². The summed E-state index contributed by atoms with van der Waals surface area (Å²) in [7, 11) is 0. The minimum absolute atomic E-state index is 0.0286. The predicted octanol–water partition coefficient (Wildman–Crippen LogP) is 3.34. The van der Waals surface area contributed by atoms with Gasteiger partial charge in [0.05, 0.1) is 4.91 Å². The van der Waals surface area contributed by atoms with Crippen LogP contribution in [0.25, 0.3) is 6.08 Å². The molecule has 122 valence electrons. The third-order valence-electron chi connectivity index (χ3n) is 3.24. The van der Waals surface area contributed by atoms with Crippen LogP contribution in [0.5, 0.6) is 0 Å². The second-order valence-electron chi connectivity index (χ2n) is 4.93. The maximum Gasteiger partial charge on any atom is 0.303 e. The van der Waals surface area contributed by atoms with Crippen molar-refractivity contribution in [1.82, 2.24) is 4.90 Å². The Bertz CT molecular complexity index is 719. The van der Waals surface area contributed by atoms with E-state index in [0.29, 0.717) is 0 Å². The number of halogens is 2. The zero-order valence-corrected chi connectivity index (χ0v) is 13.8. The maximum absolute atomic E-state index is 13.9. The molecular formula is C15H13F2NO3S2. The molecule has 23 heavy (non-hydrogen) atoms. The Morgan fingerprint density at radius 1 is 1.39 bits per heavy atom. The molecule has 0 aromatic heterocycles. The van der Waals surface area contributed by atoms with E-state index in [1.165, 1.54) is 30.0 Å². The average Bonchev–Trinajstić information content (AvgIpc) is 2.75. The Labute approximate surface area is 141 Å². The standard InChI is InChI=1S/C15H13F2NO3S2/c1-8-4-5-9(13(17)12(8)16)7-10-14(21)18(15(22)23-10)6-2-3-11(19)20/h4-5,7H,2-3,6H2,1H3,(H,19,20)/b10-7-. The van der Waals surface area contributed by atoms with Gasteiger partial charge in [-0.15, -0.1) is 0 Å². The summed E-state index contributed by atoms with van der Waals surface area (Å²) in [6, 6.07) is 2.82. The van der Waals surface area contributed by atoms with Gasteiger partial charge in [0.15, 0.2) is 11.6 Å². The Balaban J connectivity index is 2.19. The van der Waals surface area contributed by atoms with Gasteiger partial charge in [-0.3, -0.25) is 14.5 Å². The third-order valence-corrected chi connectivity index (χ3v) is 4.62. The quantitative estimate of drug-likeness (QED) is 0.647. The van der Waals surface area contributed by atoms with Gasteiger partial charge >= 0.3 is 5.97 Å². The van der Waals surface area contributed by atoms with Gasteiger partial charge in [0, 0.05) is 18.5 Å². The summed E-state index contributed by atoms with van der Waals surface area (Å²) >= 11 is 6.07. The van der Waals surface area contributed by atoms with E-state index in [1.807, 2.05) is 0 Å². The Kier molecular flexibility index (Phi) is 5.48. The van der Waals surface area contributed by atoms with E-state index < -0.39 is 23.5 Å². The number of hydrogen-bond acceptors (Lipinski definition) is 4. The number of rotatable bonds is 5. The van der Waals surface area contributed by atoms with E-state index in [-0.39, 0.29) is 39.7 Å². The van der Waals surface area contributed by atoms with Gasteiger partial charge < -0.3 is 5.11 Å². The molecule has 1 amide bonds. The van der Waals surface area contributed by atoms with Crippen LogP contribution in [0, 0.1) is 18.6 Å². The highest BCUT2D eigenvalue weighted by Crippen LogP contribution is 2.33. The number of amides is 1. The molecule has 0 atom stereocenters. The summed E-state index contributed by atoms with van der Waals surface area (Å²) in [6.07, 6.45) is 1.45. The van der Waals surface area contributed by atoms with Crippen molar-refractivity contribution in [3.8, 4) is 0 Å². The molecule has 1 aliphatic rings. The first kappa shape index (κ1) is 17.6. The van der Waals surface area contributed by atoms with Crippen molar-refractivity contribution in [3.05, 3.63) is 39.8 Å². The van der Waals surface area contributed by atoms with Gasteiger partial charge in [-0.25, -0.2) is 8.78 Å². The summed E-state index contributed by atoms with van der Waals surface area (Å²) in [5, 5.41) is 8.61. The van der Waals surface area contributed by atoms with Crippen LogP contribution < -0.4 is 0 Å². The van der Waals surface area contributed by atoms with Gasteiger partial charge in [0.2, 0.25) is 0 Å². The molecule has 8 heteroatoms. The van der Waals surface area contributed by atoms with Crippen LogP contribution in [-0.4, -0.2) is 32.7 Å². The number of thiocarbonyl (C=S) groups is 1. The highest BCUT2D eigenvalue weighted by atomic mass is 32.2. The monoisotopic (exact) mass is 357 g/mol. The smallest absolute Gasteiger partial charge is 0.303 e. The number of nitrogens with zero attached hydrogens (tertiary/aromatic N) is 1. The predicted molar refractivity (Wildman–Crippen MR) is 87.8 cm³/mol. The van der Waals surface area contributed by atoms with Crippen LogP contribution in [0.4, 0.5) is 8.78 Å². The fraction of sp³-hybridized carbons (Fsp3) is 0.267. The maximum atomic E-state index is 13.9. The molecule has 1 fully saturated rings. The number of carboxylic acids is 1. The zero-order valence-electron chi connectivity index (χ0n) is 12.1. The second-order valence-corrected chi connectivity index (χ2v) is 6.61. The number of benzene rings is 1. The average molecular weight is 357 g/mol. The number of hydrogen-bond donors (Lipinski definition) is 1.